The van der Waals surface area contributed by atoms with E-state index in [1.807, 2.05) is 0 Å². The van der Waals surface area contributed by atoms with E-state index in [-0.39, 0.29) is 16.1 Å². The third kappa shape index (κ3) is 2.03. The Morgan fingerprint density at radius 1 is 1.12 bits per heavy atom. The molecule has 0 spiro atoms. The van der Waals surface area contributed by atoms with Crippen LogP contribution >= 0.6 is 0 Å². The van der Waals surface area contributed by atoms with E-state index < -0.39 is 15.9 Å². The van der Waals surface area contributed by atoms with Crippen molar-refractivity contribution in [1.29, 1.82) is 0 Å². The minimum atomic E-state index is -4.06. The molecule has 0 unspecified atom stereocenters. The highest BCUT2D eigenvalue weighted by atomic mass is 32.2. The number of nitroso groups, excluding NO2 is 1. The van der Waals surface area contributed by atoms with E-state index in [9.17, 15) is 13.9 Å². The normalized spacial score (nSPS) is 19.3. The number of hydrogen-bond acceptors (Lipinski definition) is 4. The molecule has 2 rings (SSSR count). The first-order valence-corrected chi connectivity index (χ1v) is 5.97. The standard InChI is InChI=1S/C10H7NO5S/c12-9-4-1-6-5-7(17(14,15)16)2-3-8(6)10(9)11-13/h1-5H,(H2,14,15,16). The SMILES string of the molecule is O=NC1=C2C=CC(=S(=O)(O)O)C=C2C=CC1=O. The molecule has 0 aromatic heterocycles. The predicted molar refractivity (Wildman–Crippen MR) is 62.6 cm³/mol. The zero-order valence-electron chi connectivity index (χ0n) is 8.36. The van der Waals surface area contributed by atoms with Gasteiger partial charge in [-0.1, -0.05) is 12.2 Å². The lowest BCUT2D eigenvalue weighted by atomic mass is 9.92. The van der Waals surface area contributed by atoms with E-state index in [2.05, 4.69) is 5.18 Å². The summed E-state index contributed by atoms with van der Waals surface area (Å²) in [5.74, 6) is -0.519. The number of ketones is 1. The van der Waals surface area contributed by atoms with Gasteiger partial charge in [0.1, 0.15) is 0 Å². The molecule has 7 heteroatoms. The van der Waals surface area contributed by atoms with Crippen LogP contribution in [0.25, 0.3) is 0 Å². The molecule has 0 heterocycles. The van der Waals surface area contributed by atoms with Crippen LogP contribution in [0.3, 0.4) is 0 Å². The molecule has 0 radical (unpaired) electrons. The number of carbonyl (C=O) groups excluding carboxylic acids is 1. The van der Waals surface area contributed by atoms with Crippen LogP contribution in [0.5, 0.6) is 0 Å². The average Bonchev–Trinajstić information content (AvgIpc) is 2.27. The molecule has 0 amide bonds. The van der Waals surface area contributed by atoms with Crippen molar-refractivity contribution in [1.82, 2.24) is 0 Å². The maximum Gasteiger partial charge on any atom is 0.208 e. The van der Waals surface area contributed by atoms with Gasteiger partial charge in [0.25, 0.3) is 0 Å². The van der Waals surface area contributed by atoms with Crippen LogP contribution in [-0.2, 0) is 14.9 Å². The van der Waals surface area contributed by atoms with Crippen LogP contribution in [0.4, 0.5) is 0 Å². The molecule has 0 saturated heterocycles. The Balaban J connectivity index is 2.66. The van der Waals surface area contributed by atoms with Gasteiger partial charge in [-0.2, -0.15) is 0 Å². The number of allylic oxidation sites excluding steroid dienone is 7. The topological polar surface area (TPSA) is 104 Å². The highest BCUT2D eigenvalue weighted by molar-refractivity contribution is 7.92. The minimum Gasteiger partial charge on any atom is -0.293 e. The van der Waals surface area contributed by atoms with E-state index in [4.69, 9.17) is 9.11 Å². The first kappa shape index (κ1) is 11.6. The molecular weight excluding hydrogens is 246 g/mol. The fourth-order valence-electron chi connectivity index (χ4n) is 1.53. The Morgan fingerprint density at radius 3 is 2.41 bits per heavy atom. The zero-order valence-corrected chi connectivity index (χ0v) is 9.18. The molecule has 0 atom stereocenters. The summed E-state index contributed by atoms with van der Waals surface area (Å²) in [4.78, 5) is 21.6. The lowest BCUT2D eigenvalue weighted by molar-refractivity contribution is -0.111. The quantitative estimate of drug-likeness (QED) is 0.536. The van der Waals surface area contributed by atoms with Crippen molar-refractivity contribution >= 4 is 20.7 Å². The van der Waals surface area contributed by atoms with Gasteiger partial charge in [-0.15, -0.1) is 4.91 Å². The van der Waals surface area contributed by atoms with Gasteiger partial charge in [0.05, 0.1) is 4.86 Å². The van der Waals surface area contributed by atoms with E-state index in [1.54, 1.807) is 0 Å². The van der Waals surface area contributed by atoms with Crippen LogP contribution in [0, 0.1) is 4.91 Å². The molecule has 88 valence electrons. The summed E-state index contributed by atoms with van der Waals surface area (Å²) in [6.07, 6.45) is 6.22. The van der Waals surface area contributed by atoms with E-state index >= 15 is 0 Å². The second-order valence-electron chi connectivity index (χ2n) is 3.38. The third-order valence-corrected chi connectivity index (χ3v) is 3.19. The number of nitrogens with zero attached hydrogens (tertiary/aromatic N) is 1. The lowest BCUT2D eigenvalue weighted by Gasteiger charge is -2.15. The number of hydrogen-bond donors (Lipinski definition) is 2. The van der Waals surface area contributed by atoms with Crippen LogP contribution in [0.2, 0.25) is 0 Å². The molecule has 6 nitrogen and oxygen atoms in total. The molecule has 17 heavy (non-hydrogen) atoms. The molecule has 0 aromatic carbocycles. The molecule has 2 aliphatic rings. The van der Waals surface area contributed by atoms with Crippen LogP contribution < -0.4 is 0 Å². The smallest absolute Gasteiger partial charge is 0.208 e. The van der Waals surface area contributed by atoms with Gasteiger partial charge in [0.15, 0.2) is 5.70 Å². The zero-order chi connectivity index (χ0) is 12.6. The summed E-state index contributed by atoms with van der Waals surface area (Å²) in [6.45, 7) is 0. The fourth-order valence-corrected chi connectivity index (χ4v) is 2.06. The Hall–Kier alpha value is -1.83. The van der Waals surface area contributed by atoms with Gasteiger partial charge in [-0.25, -0.2) is 4.21 Å². The Morgan fingerprint density at radius 2 is 1.82 bits per heavy atom. The monoisotopic (exact) mass is 253 g/mol. The summed E-state index contributed by atoms with van der Waals surface area (Å²) in [5, 5.41) is 2.63. The molecule has 0 fully saturated rings. The minimum absolute atomic E-state index is 0.194. The molecule has 0 aromatic rings. The van der Waals surface area contributed by atoms with Gasteiger partial charge in [0.2, 0.25) is 15.9 Å². The van der Waals surface area contributed by atoms with Gasteiger partial charge < -0.3 is 0 Å². The number of carbonyl (C=O) groups is 1. The second kappa shape index (κ2) is 3.88. The van der Waals surface area contributed by atoms with Gasteiger partial charge in [-0.3, -0.25) is 13.9 Å². The molecular formula is C10H7NO5S. The summed E-state index contributed by atoms with van der Waals surface area (Å²) in [5.41, 5.74) is 0.406. The van der Waals surface area contributed by atoms with Crippen LogP contribution in [-0.4, -0.2) is 24.0 Å². The maximum absolute atomic E-state index is 11.3. The summed E-state index contributed by atoms with van der Waals surface area (Å²) in [7, 11) is -4.06. The van der Waals surface area contributed by atoms with Gasteiger partial charge >= 0.3 is 0 Å². The van der Waals surface area contributed by atoms with Crippen molar-refractivity contribution in [3.8, 4) is 0 Å². The summed E-state index contributed by atoms with van der Waals surface area (Å²) in [6, 6.07) is 0. The molecule has 2 N–H and O–H groups in total. The van der Waals surface area contributed by atoms with Crippen molar-refractivity contribution in [3.05, 3.63) is 52.1 Å². The van der Waals surface area contributed by atoms with E-state index in [0.29, 0.717) is 5.57 Å². The van der Waals surface area contributed by atoms with Crippen LogP contribution in [0.1, 0.15) is 0 Å². The number of rotatable bonds is 1. The van der Waals surface area contributed by atoms with Crippen molar-refractivity contribution in [3.63, 3.8) is 0 Å². The first-order valence-electron chi connectivity index (χ1n) is 4.49. The van der Waals surface area contributed by atoms with Crippen molar-refractivity contribution in [2.75, 3.05) is 0 Å². The van der Waals surface area contributed by atoms with E-state index in [0.717, 1.165) is 6.08 Å². The molecule has 2 aliphatic carbocycles. The summed E-state index contributed by atoms with van der Waals surface area (Å²) < 4.78 is 28.9. The second-order valence-corrected chi connectivity index (χ2v) is 4.85. The first-order chi connectivity index (χ1) is 7.93. The lowest BCUT2D eigenvalue weighted by Crippen LogP contribution is -2.14. The molecule has 0 bridgehead atoms. The predicted octanol–water partition coefficient (Wildman–Crippen LogP) is 1.04. The molecule has 0 aliphatic heterocycles. The van der Waals surface area contributed by atoms with Crippen molar-refractivity contribution < 1.29 is 18.1 Å². The largest absolute Gasteiger partial charge is 0.293 e. The van der Waals surface area contributed by atoms with Crippen LogP contribution in [0.15, 0.2) is 52.4 Å². The maximum atomic E-state index is 11.3. The Labute approximate surface area is 96.7 Å². The third-order valence-electron chi connectivity index (χ3n) is 2.32. The van der Waals surface area contributed by atoms with Crippen molar-refractivity contribution in [2.24, 2.45) is 5.18 Å². The molecule has 0 saturated carbocycles. The summed E-state index contributed by atoms with van der Waals surface area (Å²) >= 11 is 0. The van der Waals surface area contributed by atoms with Crippen molar-refractivity contribution in [2.45, 2.75) is 0 Å². The highest BCUT2D eigenvalue weighted by Crippen LogP contribution is 2.27. The number of fused-ring (bicyclic) bond motifs is 1. The fraction of sp³-hybridized carbons (Fsp3) is 0. The van der Waals surface area contributed by atoms with Gasteiger partial charge in [0, 0.05) is 5.57 Å². The average molecular weight is 253 g/mol. The Bertz CT molecular complexity index is 648. The van der Waals surface area contributed by atoms with Gasteiger partial charge in [-0.05, 0) is 29.0 Å². The van der Waals surface area contributed by atoms with E-state index in [1.165, 1.54) is 24.3 Å². The highest BCUT2D eigenvalue weighted by Gasteiger charge is 2.22. The Kier molecular flexibility index (Phi) is 2.66.